The third kappa shape index (κ3) is 6.19. The second kappa shape index (κ2) is 10.4. The van der Waals surface area contributed by atoms with E-state index in [1.54, 1.807) is 30.3 Å². The van der Waals surface area contributed by atoms with E-state index in [4.69, 9.17) is 4.74 Å². The smallest absolute Gasteiger partial charge is 0.288 e. The van der Waals surface area contributed by atoms with E-state index in [0.29, 0.717) is 34.5 Å². The number of nitrogens with one attached hydrogen (secondary N) is 2. The summed E-state index contributed by atoms with van der Waals surface area (Å²) in [6, 6.07) is 13.9. The SMILES string of the molecule is O=C(NCCN1CCOCC1)c1ccccc1Nc1ccc(SC(F)F)cc1. The molecule has 1 heterocycles. The van der Waals surface area contributed by atoms with E-state index in [9.17, 15) is 13.6 Å². The summed E-state index contributed by atoms with van der Waals surface area (Å²) in [4.78, 5) is 15.3. The van der Waals surface area contributed by atoms with Crippen molar-refractivity contribution in [1.29, 1.82) is 0 Å². The van der Waals surface area contributed by atoms with Crippen LogP contribution in [0.3, 0.4) is 0 Å². The van der Waals surface area contributed by atoms with Crippen molar-refractivity contribution in [3.63, 3.8) is 0 Å². The van der Waals surface area contributed by atoms with Crippen LogP contribution in [0.25, 0.3) is 0 Å². The van der Waals surface area contributed by atoms with Crippen molar-refractivity contribution in [1.82, 2.24) is 10.2 Å². The normalized spacial score (nSPS) is 14.8. The summed E-state index contributed by atoms with van der Waals surface area (Å²) >= 11 is 0.505. The first-order valence-electron chi connectivity index (χ1n) is 9.11. The van der Waals surface area contributed by atoms with Crippen molar-refractivity contribution in [3.8, 4) is 0 Å². The molecule has 0 spiro atoms. The van der Waals surface area contributed by atoms with Crippen LogP contribution in [0.4, 0.5) is 20.2 Å². The van der Waals surface area contributed by atoms with E-state index in [-0.39, 0.29) is 5.91 Å². The minimum atomic E-state index is -2.44. The molecule has 0 atom stereocenters. The van der Waals surface area contributed by atoms with Crippen LogP contribution in [-0.2, 0) is 4.74 Å². The maximum absolute atomic E-state index is 12.6. The van der Waals surface area contributed by atoms with Gasteiger partial charge < -0.3 is 15.4 Å². The Kier molecular flexibility index (Phi) is 7.64. The fraction of sp³-hybridized carbons (Fsp3) is 0.350. The van der Waals surface area contributed by atoms with Crippen molar-refractivity contribution in [3.05, 3.63) is 54.1 Å². The van der Waals surface area contributed by atoms with Gasteiger partial charge in [0.15, 0.2) is 0 Å². The quantitative estimate of drug-likeness (QED) is 0.652. The van der Waals surface area contributed by atoms with Gasteiger partial charge in [-0.2, -0.15) is 8.78 Å². The van der Waals surface area contributed by atoms with E-state index < -0.39 is 5.76 Å². The highest BCUT2D eigenvalue weighted by Gasteiger charge is 2.13. The first-order valence-corrected chi connectivity index (χ1v) is 9.99. The van der Waals surface area contributed by atoms with E-state index in [2.05, 4.69) is 15.5 Å². The standard InChI is InChI=1S/C20H23F2N3O2S/c21-20(22)28-16-7-5-15(6-8-16)24-18-4-2-1-3-17(18)19(26)23-9-10-25-11-13-27-14-12-25/h1-8,20,24H,9-14H2,(H,23,26). The molecule has 3 rings (SSSR count). The molecular formula is C20H23F2N3O2S. The van der Waals surface area contributed by atoms with E-state index in [1.807, 2.05) is 18.2 Å². The van der Waals surface area contributed by atoms with Crippen molar-refractivity contribution in [2.24, 2.45) is 0 Å². The van der Waals surface area contributed by atoms with Crippen LogP contribution in [0.15, 0.2) is 53.4 Å². The molecule has 2 N–H and O–H groups in total. The Morgan fingerprint density at radius 2 is 1.82 bits per heavy atom. The maximum Gasteiger partial charge on any atom is 0.288 e. The van der Waals surface area contributed by atoms with E-state index >= 15 is 0 Å². The predicted molar refractivity (Wildman–Crippen MR) is 108 cm³/mol. The Morgan fingerprint density at radius 1 is 1.11 bits per heavy atom. The summed E-state index contributed by atoms with van der Waals surface area (Å²) < 4.78 is 30.2. The molecule has 28 heavy (non-hydrogen) atoms. The van der Waals surface area contributed by atoms with Crippen LogP contribution in [-0.4, -0.2) is 56.0 Å². The Balaban J connectivity index is 1.58. The van der Waals surface area contributed by atoms with Crippen LogP contribution in [0.2, 0.25) is 0 Å². The summed E-state index contributed by atoms with van der Waals surface area (Å²) in [6.45, 7) is 4.58. The largest absolute Gasteiger partial charge is 0.379 e. The molecule has 0 aromatic heterocycles. The number of anilines is 2. The van der Waals surface area contributed by atoms with E-state index in [0.717, 1.165) is 38.5 Å². The number of benzene rings is 2. The van der Waals surface area contributed by atoms with Crippen LogP contribution in [0.5, 0.6) is 0 Å². The van der Waals surface area contributed by atoms with Crippen LogP contribution in [0.1, 0.15) is 10.4 Å². The summed E-state index contributed by atoms with van der Waals surface area (Å²) in [6.07, 6.45) is 0. The molecule has 0 saturated carbocycles. The molecule has 1 aliphatic heterocycles. The first kappa shape index (κ1) is 20.6. The van der Waals surface area contributed by atoms with Gasteiger partial charge in [-0.1, -0.05) is 23.9 Å². The second-order valence-electron chi connectivity index (χ2n) is 6.28. The van der Waals surface area contributed by atoms with Gasteiger partial charge in [0.05, 0.1) is 24.5 Å². The van der Waals surface area contributed by atoms with Gasteiger partial charge in [0.1, 0.15) is 0 Å². The number of ether oxygens (including phenoxy) is 1. The van der Waals surface area contributed by atoms with Crippen molar-refractivity contribution in [2.45, 2.75) is 10.7 Å². The van der Waals surface area contributed by atoms with Crippen molar-refractivity contribution < 1.29 is 18.3 Å². The average Bonchev–Trinajstić information content (AvgIpc) is 2.70. The van der Waals surface area contributed by atoms with Gasteiger partial charge in [0.2, 0.25) is 0 Å². The first-order chi connectivity index (χ1) is 13.6. The summed E-state index contributed by atoms with van der Waals surface area (Å²) in [5.74, 6) is -2.60. The Bertz CT molecular complexity index is 768. The monoisotopic (exact) mass is 407 g/mol. The zero-order valence-electron chi connectivity index (χ0n) is 15.4. The molecule has 8 heteroatoms. The Morgan fingerprint density at radius 3 is 2.54 bits per heavy atom. The number of morpholine rings is 1. The molecule has 0 bridgehead atoms. The minimum Gasteiger partial charge on any atom is -0.379 e. The number of rotatable bonds is 8. The number of alkyl halides is 2. The van der Waals surface area contributed by atoms with Gasteiger partial charge in [0.25, 0.3) is 11.7 Å². The number of hydrogen-bond acceptors (Lipinski definition) is 5. The summed E-state index contributed by atoms with van der Waals surface area (Å²) in [5.41, 5.74) is 1.93. The lowest BCUT2D eigenvalue weighted by Crippen LogP contribution is -2.41. The van der Waals surface area contributed by atoms with Gasteiger partial charge in [-0.15, -0.1) is 0 Å². The lowest BCUT2D eigenvalue weighted by Gasteiger charge is -2.26. The van der Waals surface area contributed by atoms with Gasteiger partial charge in [-0.05, 0) is 36.4 Å². The molecule has 2 aromatic rings. The highest BCUT2D eigenvalue weighted by molar-refractivity contribution is 7.99. The van der Waals surface area contributed by atoms with Crippen LogP contribution in [0, 0.1) is 0 Å². The molecule has 1 aliphatic rings. The summed E-state index contributed by atoms with van der Waals surface area (Å²) in [7, 11) is 0. The molecule has 0 aliphatic carbocycles. The molecule has 150 valence electrons. The fourth-order valence-electron chi connectivity index (χ4n) is 2.91. The second-order valence-corrected chi connectivity index (χ2v) is 7.35. The molecule has 5 nitrogen and oxygen atoms in total. The number of halogens is 2. The lowest BCUT2D eigenvalue weighted by molar-refractivity contribution is 0.0383. The number of amides is 1. The highest BCUT2D eigenvalue weighted by Crippen LogP contribution is 2.27. The number of carbonyl (C=O) groups is 1. The third-order valence-electron chi connectivity index (χ3n) is 4.35. The summed E-state index contributed by atoms with van der Waals surface area (Å²) in [5, 5.41) is 6.14. The molecule has 0 radical (unpaired) electrons. The lowest BCUT2D eigenvalue weighted by atomic mass is 10.1. The van der Waals surface area contributed by atoms with Crippen LogP contribution < -0.4 is 10.6 Å². The highest BCUT2D eigenvalue weighted by atomic mass is 32.2. The maximum atomic E-state index is 12.6. The topological polar surface area (TPSA) is 53.6 Å². The molecule has 1 fully saturated rings. The average molecular weight is 407 g/mol. The Labute approximate surface area is 167 Å². The van der Waals surface area contributed by atoms with Crippen molar-refractivity contribution in [2.75, 3.05) is 44.7 Å². The third-order valence-corrected chi connectivity index (χ3v) is 5.07. The fourth-order valence-corrected chi connectivity index (χ4v) is 3.41. The van der Waals surface area contributed by atoms with Gasteiger partial charge in [0, 0.05) is 36.8 Å². The van der Waals surface area contributed by atoms with Gasteiger partial charge in [-0.3, -0.25) is 9.69 Å². The minimum absolute atomic E-state index is 0.152. The molecule has 1 amide bonds. The predicted octanol–water partition coefficient (Wildman–Crippen LogP) is 3.81. The number of thioether (sulfide) groups is 1. The number of hydrogen-bond donors (Lipinski definition) is 2. The van der Waals surface area contributed by atoms with Gasteiger partial charge >= 0.3 is 0 Å². The zero-order chi connectivity index (χ0) is 19.8. The molecule has 2 aromatic carbocycles. The molecular weight excluding hydrogens is 384 g/mol. The van der Waals surface area contributed by atoms with E-state index in [1.165, 1.54) is 0 Å². The zero-order valence-corrected chi connectivity index (χ0v) is 16.2. The number of nitrogens with zero attached hydrogens (tertiary/aromatic N) is 1. The number of para-hydroxylation sites is 1. The number of carbonyl (C=O) groups excluding carboxylic acids is 1. The van der Waals surface area contributed by atoms with Gasteiger partial charge in [-0.25, -0.2) is 0 Å². The Hall–Kier alpha value is -2.16. The molecule has 0 unspecified atom stereocenters. The van der Waals surface area contributed by atoms with Crippen molar-refractivity contribution >= 4 is 29.0 Å². The van der Waals surface area contributed by atoms with Crippen LogP contribution >= 0.6 is 11.8 Å². The molecule has 1 saturated heterocycles.